The van der Waals surface area contributed by atoms with E-state index in [1.807, 2.05) is 35.1 Å². The molecule has 1 fully saturated rings. The number of sulfonamides is 1. The van der Waals surface area contributed by atoms with Gasteiger partial charge in [0.2, 0.25) is 17.6 Å². The highest BCUT2D eigenvalue weighted by Gasteiger charge is 2.46. The normalized spacial score (nSPS) is 15.8. The standard InChI is InChI=1S/C39H45ClF2N4O7S/c1-24(2)32(34(47)39(41,42)22-8-12-26-10-6-5-7-11-26)43-37(50)31-13-9-23-46(31)38(51)33(25(3)4)44-35(48)27-14-16-28(17-15-27)36(49)45-54(52,53)30-20-18-29(40)19-21-30/h5-7,10-11,14-21,24-25,31-33H,8-9,12-13,22-23H2,1-4H3,(H,43,50)(H,44,48)(H,45,49)/t31-,32?,33-/m0/s1. The van der Waals surface area contributed by atoms with Gasteiger partial charge in [-0.15, -0.1) is 0 Å². The topological polar surface area (TPSA) is 159 Å². The van der Waals surface area contributed by atoms with E-state index in [9.17, 15) is 32.4 Å². The highest BCUT2D eigenvalue weighted by atomic mass is 35.5. The van der Waals surface area contributed by atoms with Crippen LogP contribution in [-0.2, 0) is 30.8 Å². The van der Waals surface area contributed by atoms with E-state index in [0.29, 0.717) is 17.9 Å². The van der Waals surface area contributed by atoms with Gasteiger partial charge in [0, 0.05) is 29.1 Å². The molecule has 0 spiro atoms. The van der Waals surface area contributed by atoms with E-state index in [4.69, 9.17) is 11.6 Å². The van der Waals surface area contributed by atoms with Crippen LogP contribution in [0.25, 0.3) is 0 Å². The third-order valence-corrected chi connectivity index (χ3v) is 10.8. The summed E-state index contributed by atoms with van der Waals surface area (Å²) < 4.78 is 57.5. The molecular formula is C39H45ClF2N4O7S. The summed E-state index contributed by atoms with van der Waals surface area (Å²) in [4.78, 5) is 67.6. The maximum Gasteiger partial charge on any atom is 0.307 e. The number of carbonyl (C=O) groups is 5. The third kappa shape index (κ3) is 10.7. The molecule has 0 saturated carbocycles. The van der Waals surface area contributed by atoms with Crippen LogP contribution in [0.1, 0.15) is 79.7 Å². The zero-order valence-corrected chi connectivity index (χ0v) is 32.1. The molecule has 11 nitrogen and oxygen atoms in total. The first-order chi connectivity index (χ1) is 25.4. The van der Waals surface area contributed by atoms with Crippen molar-refractivity contribution in [3.63, 3.8) is 0 Å². The first-order valence-corrected chi connectivity index (χ1v) is 19.6. The van der Waals surface area contributed by atoms with Gasteiger partial charge in [-0.05, 0) is 91.6 Å². The number of halogens is 3. The summed E-state index contributed by atoms with van der Waals surface area (Å²) in [6, 6.07) is 15.8. The Hall–Kier alpha value is -4.69. The Bertz CT molecular complexity index is 1930. The maximum absolute atomic E-state index is 15.2. The molecule has 54 heavy (non-hydrogen) atoms. The van der Waals surface area contributed by atoms with Crippen LogP contribution in [0, 0.1) is 11.8 Å². The number of hydrogen-bond donors (Lipinski definition) is 3. The summed E-state index contributed by atoms with van der Waals surface area (Å²) in [5.41, 5.74) is 0.902. The van der Waals surface area contributed by atoms with Crippen molar-refractivity contribution < 1.29 is 41.2 Å². The molecule has 290 valence electrons. The second-order valence-electron chi connectivity index (χ2n) is 14.0. The molecule has 1 aliphatic rings. The number of likely N-dealkylation sites (tertiary alicyclic amines) is 1. The highest BCUT2D eigenvalue weighted by molar-refractivity contribution is 7.90. The number of nitrogens with zero attached hydrogens (tertiary/aromatic N) is 1. The number of Topliss-reactive ketones (excluding diaryl/α,β-unsaturated/α-hetero) is 1. The second-order valence-corrected chi connectivity index (χ2v) is 16.1. The van der Waals surface area contributed by atoms with Gasteiger partial charge >= 0.3 is 5.92 Å². The molecule has 0 radical (unpaired) electrons. The summed E-state index contributed by atoms with van der Waals surface area (Å²) in [7, 11) is -4.20. The van der Waals surface area contributed by atoms with Gasteiger partial charge in [0.05, 0.1) is 10.9 Å². The molecule has 15 heteroatoms. The summed E-state index contributed by atoms with van der Waals surface area (Å²) in [6.07, 6.45) is 0.446. The lowest BCUT2D eigenvalue weighted by Crippen LogP contribution is -2.58. The van der Waals surface area contributed by atoms with Gasteiger partial charge in [-0.25, -0.2) is 13.1 Å². The van der Waals surface area contributed by atoms with Crippen molar-refractivity contribution in [3.05, 3.63) is 101 Å². The highest BCUT2D eigenvalue weighted by Crippen LogP contribution is 2.28. The van der Waals surface area contributed by atoms with Gasteiger partial charge < -0.3 is 15.5 Å². The van der Waals surface area contributed by atoms with Crippen molar-refractivity contribution in [1.82, 2.24) is 20.3 Å². The third-order valence-electron chi connectivity index (χ3n) is 9.22. The molecule has 3 aromatic carbocycles. The van der Waals surface area contributed by atoms with E-state index in [1.54, 1.807) is 27.7 Å². The molecule has 3 aromatic rings. The fourth-order valence-electron chi connectivity index (χ4n) is 6.14. The quantitative estimate of drug-likeness (QED) is 0.171. The fourth-order valence-corrected chi connectivity index (χ4v) is 7.24. The van der Waals surface area contributed by atoms with Crippen molar-refractivity contribution in [2.75, 3.05) is 6.54 Å². The minimum absolute atomic E-state index is 0.0466. The van der Waals surface area contributed by atoms with E-state index in [-0.39, 0.29) is 35.4 Å². The SMILES string of the molecule is CC(C)C(NC(=O)[C@@H]1CCCN1C(=O)[C@@H](NC(=O)c1ccc(C(=O)NS(=O)(=O)c2ccc(Cl)cc2)cc1)C(C)C)C(=O)C(F)(F)CCCc1ccccc1. The van der Waals surface area contributed by atoms with Crippen LogP contribution in [0.4, 0.5) is 8.78 Å². The van der Waals surface area contributed by atoms with Crippen LogP contribution in [0.15, 0.2) is 83.8 Å². The van der Waals surface area contributed by atoms with Crippen LogP contribution in [0.5, 0.6) is 0 Å². The van der Waals surface area contributed by atoms with E-state index in [0.717, 1.165) is 5.56 Å². The molecule has 1 saturated heterocycles. The summed E-state index contributed by atoms with van der Waals surface area (Å²) in [5, 5.41) is 5.51. The van der Waals surface area contributed by atoms with Crippen LogP contribution in [0.3, 0.4) is 0 Å². The molecule has 0 aromatic heterocycles. The van der Waals surface area contributed by atoms with E-state index in [2.05, 4.69) is 10.6 Å². The minimum Gasteiger partial charge on any atom is -0.344 e. The Morgan fingerprint density at radius 1 is 0.815 bits per heavy atom. The van der Waals surface area contributed by atoms with Gasteiger partial charge in [-0.2, -0.15) is 8.78 Å². The van der Waals surface area contributed by atoms with Crippen molar-refractivity contribution in [3.8, 4) is 0 Å². The number of aryl methyl sites for hydroxylation is 1. The van der Waals surface area contributed by atoms with E-state index >= 15 is 8.78 Å². The molecule has 0 bridgehead atoms. The minimum atomic E-state index is -4.20. The number of ketones is 1. The Balaban J connectivity index is 1.38. The zero-order valence-electron chi connectivity index (χ0n) is 30.5. The summed E-state index contributed by atoms with van der Waals surface area (Å²) in [5.74, 6) is -9.03. The number of amides is 4. The molecule has 4 rings (SSSR count). The van der Waals surface area contributed by atoms with Crippen LogP contribution in [-0.4, -0.2) is 73.3 Å². The molecule has 0 aliphatic carbocycles. The zero-order chi connectivity index (χ0) is 39.8. The molecule has 3 atom stereocenters. The maximum atomic E-state index is 15.2. The number of hydrogen-bond acceptors (Lipinski definition) is 7. The largest absolute Gasteiger partial charge is 0.344 e. The van der Waals surface area contributed by atoms with Crippen LogP contribution in [0.2, 0.25) is 5.02 Å². The number of alkyl halides is 2. The predicted molar refractivity (Wildman–Crippen MR) is 199 cm³/mol. The lowest BCUT2D eigenvalue weighted by molar-refractivity contribution is -0.150. The van der Waals surface area contributed by atoms with Crippen LogP contribution >= 0.6 is 11.6 Å². The Labute approximate surface area is 319 Å². The average molecular weight is 787 g/mol. The molecule has 1 aliphatic heterocycles. The molecule has 3 N–H and O–H groups in total. The Morgan fingerprint density at radius 2 is 1.39 bits per heavy atom. The van der Waals surface area contributed by atoms with Crippen molar-refractivity contribution in [2.45, 2.75) is 88.7 Å². The van der Waals surface area contributed by atoms with Gasteiger partial charge in [0.1, 0.15) is 12.1 Å². The predicted octanol–water partition coefficient (Wildman–Crippen LogP) is 5.57. The molecule has 4 amide bonds. The molecule has 1 unspecified atom stereocenters. The van der Waals surface area contributed by atoms with Crippen molar-refractivity contribution in [1.29, 1.82) is 0 Å². The van der Waals surface area contributed by atoms with Crippen molar-refractivity contribution >= 4 is 51.0 Å². The van der Waals surface area contributed by atoms with Gasteiger partial charge in [-0.1, -0.05) is 69.6 Å². The smallest absolute Gasteiger partial charge is 0.307 e. The van der Waals surface area contributed by atoms with Crippen LogP contribution < -0.4 is 15.4 Å². The lowest BCUT2D eigenvalue weighted by Gasteiger charge is -2.32. The van der Waals surface area contributed by atoms with Gasteiger partial charge in [0.15, 0.2) is 0 Å². The average Bonchev–Trinajstić information content (AvgIpc) is 3.63. The summed E-state index contributed by atoms with van der Waals surface area (Å²) >= 11 is 5.81. The summed E-state index contributed by atoms with van der Waals surface area (Å²) in [6.45, 7) is 6.71. The Morgan fingerprint density at radius 3 is 1.96 bits per heavy atom. The monoisotopic (exact) mass is 786 g/mol. The number of benzene rings is 3. The first-order valence-electron chi connectivity index (χ1n) is 17.7. The van der Waals surface area contributed by atoms with Gasteiger partial charge in [-0.3, -0.25) is 24.0 Å². The van der Waals surface area contributed by atoms with Gasteiger partial charge in [0.25, 0.3) is 21.8 Å². The van der Waals surface area contributed by atoms with E-state index < -0.39 is 81.7 Å². The molecular weight excluding hydrogens is 742 g/mol. The number of nitrogens with one attached hydrogen (secondary N) is 3. The number of carbonyl (C=O) groups excluding carboxylic acids is 5. The lowest BCUT2D eigenvalue weighted by atomic mass is 9.92. The van der Waals surface area contributed by atoms with Crippen molar-refractivity contribution in [2.24, 2.45) is 11.8 Å². The Kier molecular flexibility index (Phi) is 14.1. The second kappa shape index (κ2) is 18.1. The van der Waals surface area contributed by atoms with E-state index in [1.165, 1.54) is 53.4 Å². The number of rotatable bonds is 16. The first kappa shape index (κ1) is 42.1. The fraction of sp³-hybridized carbons (Fsp3) is 0.410. The molecule has 1 heterocycles.